The summed E-state index contributed by atoms with van der Waals surface area (Å²) in [6.45, 7) is 4.04. The Morgan fingerprint density at radius 3 is 2.60 bits per heavy atom. The molecule has 0 aromatic carbocycles. The van der Waals surface area contributed by atoms with Crippen molar-refractivity contribution in [2.75, 3.05) is 0 Å². The Kier molecular flexibility index (Phi) is 4.48. The lowest BCUT2D eigenvalue weighted by Crippen LogP contribution is -2.24. The molecule has 0 unspecified atom stereocenters. The fraction of sp³-hybridized carbons (Fsp3) is 0.333. The summed E-state index contributed by atoms with van der Waals surface area (Å²) >= 11 is 1.39. The number of aryl methyl sites for hydroxylation is 2. The average molecular weight is 312 g/mol. The Balaban J connectivity index is 2.14. The molecule has 0 aliphatic rings. The third-order valence-corrected chi connectivity index (χ3v) is 5.42. The molecule has 2 aromatic rings. The molecule has 8 heteroatoms. The van der Waals surface area contributed by atoms with Gasteiger partial charge in [0.15, 0.2) is 0 Å². The summed E-state index contributed by atoms with van der Waals surface area (Å²) in [7, 11) is -3.55. The fourth-order valence-corrected chi connectivity index (χ4v) is 4.16. The Morgan fingerprint density at radius 2 is 2.05 bits per heavy atom. The topological polar surface area (TPSA) is 98.0 Å². The summed E-state index contributed by atoms with van der Waals surface area (Å²) in [5, 5.41) is 0. The number of nitrogens with two attached hydrogens (primary N) is 1. The molecular weight excluding hydrogens is 296 g/mol. The van der Waals surface area contributed by atoms with E-state index < -0.39 is 10.0 Å². The van der Waals surface area contributed by atoms with Crippen LogP contribution in [0.15, 0.2) is 23.4 Å². The molecule has 2 aromatic heterocycles. The van der Waals surface area contributed by atoms with Gasteiger partial charge in [0.05, 0.1) is 29.0 Å². The van der Waals surface area contributed by atoms with Crippen LogP contribution in [0.4, 0.5) is 0 Å². The molecule has 20 heavy (non-hydrogen) atoms. The summed E-state index contributed by atoms with van der Waals surface area (Å²) in [4.78, 5) is 10.0. The van der Waals surface area contributed by atoms with E-state index in [0.717, 1.165) is 15.4 Å². The van der Waals surface area contributed by atoms with Crippen LogP contribution in [0.25, 0.3) is 0 Å². The van der Waals surface area contributed by atoms with Gasteiger partial charge in [0.25, 0.3) is 0 Å². The molecule has 108 valence electrons. The lowest BCUT2D eigenvalue weighted by Gasteiger charge is -2.05. The van der Waals surface area contributed by atoms with Crippen molar-refractivity contribution in [1.82, 2.24) is 14.7 Å². The van der Waals surface area contributed by atoms with Crippen molar-refractivity contribution < 1.29 is 8.42 Å². The molecule has 0 aliphatic heterocycles. The Labute approximate surface area is 122 Å². The summed E-state index contributed by atoms with van der Waals surface area (Å²) < 4.78 is 27.0. The summed E-state index contributed by atoms with van der Waals surface area (Å²) in [6, 6.07) is 1.61. The van der Waals surface area contributed by atoms with E-state index >= 15 is 0 Å². The van der Waals surface area contributed by atoms with E-state index in [1.165, 1.54) is 11.3 Å². The Morgan fingerprint density at radius 1 is 1.30 bits per heavy atom. The van der Waals surface area contributed by atoms with Gasteiger partial charge < -0.3 is 5.73 Å². The molecule has 6 nitrogen and oxygen atoms in total. The first-order valence-electron chi connectivity index (χ1n) is 5.99. The molecule has 0 fully saturated rings. The van der Waals surface area contributed by atoms with Crippen molar-refractivity contribution in [1.29, 1.82) is 0 Å². The minimum atomic E-state index is -3.55. The first-order chi connectivity index (χ1) is 9.42. The van der Waals surface area contributed by atoms with Crippen LogP contribution in [0.3, 0.4) is 0 Å². The molecule has 0 saturated carbocycles. The van der Waals surface area contributed by atoms with Gasteiger partial charge in [0, 0.05) is 22.5 Å². The van der Waals surface area contributed by atoms with Gasteiger partial charge in [-0.25, -0.2) is 13.1 Å². The molecule has 2 heterocycles. The summed E-state index contributed by atoms with van der Waals surface area (Å²) in [5.41, 5.74) is 6.90. The van der Waals surface area contributed by atoms with Gasteiger partial charge in [-0.1, -0.05) is 0 Å². The number of nitrogens with one attached hydrogen (secondary N) is 1. The molecule has 0 radical (unpaired) electrons. The van der Waals surface area contributed by atoms with Crippen LogP contribution >= 0.6 is 11.3 Å². The zero-order chi connectivity index (χ0) is 14.8. The second kappa shape index (κ2) is 5.96. The van der Waals surface area contributed by atoms with E-state index in [9.17, 15) is 8.42 Å². The van der Waals surface area contributed by atoms with E-state index in [0.29, 0.717) is 12.2 Å². The van der Waals surface area contributed by atoms with E-state index in [1.807, 2.05) is 6.92 Å². The highest BCUT2D eigenvalue weighted by Crippen LogP contribution is 2.25. The first-order valence-corrected chi connectivity index (χ1v) is 8.29. The van der Waals surface area contributed by atoms with Gasteiger partial charge in [0.1, 0.15) is 0 Å². The van der Waals surface area contributed by atoms with Crippen molar-refractivity contribution in [3.63, 3.8) is 0 Å². The summed E-state index contributed by atoms with van der Waals surface area (Å²) in [6.07, 6.45) is 3.16. The molecule has 2 rings (SSSR count). The number of nitrogens with zero attached hydrogens (tertiary/aromatic N) is 2. The van der Waals surface area contributed by atoms with E-state index in [2.05, 4.69) is 14.7 Å². The highest BCUT2D eigenvalue weighted by Gasteiger charge is 2.19. The number of sulfonamides is 1. The lowest BCUT2D eigenvalue weighted by atomic mass is 10.4. The first kappa shape index (κ1) is 15.0. The molecular formula is C12H16N4O2S2. The predicted molar refractivity (Wildman–Crippen MR) is 77.7 cm³/mol. The highest BCUT2D eigenvalue weighted by atomic mass is 32.2. The van der Waals surface area contributed by atoms with Gasteiger partial charge in [-0.3, -0.25) is 9.97 Å². The number of hydrogen-bond acceptors (Lipinski definition) is 6. The third kappa shape index (κ3) is 3.40. The standard InChI is InChI=1S/C12H16N4O2S2/c1-8-5-15-10(6-14-8)7-16-20(17,18)12-3-11(4-13)19-9(12)2/h3,5-6,16H,4,7,13H2,1-2H3. The normalized spacial score (nSPS) is 11.8. The molecule has 0 atom stereocenters. The highest BCUT2D eigenvalue weighted by molar-refractivity contribution is 7.89. The number of aromatic nitrogens is 2. The van der Waals surface area contributed by atoms with Crippen LogP contribution in [-0.4, -0.2) is 18.4 Å². The molecule has 0 amide bonds. The van der Waals surface area contributed by atoms with Crippen LogP contribution in [0.1, 0.15) is 21.1 Å². The van der Waals surface area contributed by atoms with Gasteiger partial charge in [-0.15, -0.1) is 11.3 Å². The maximum Gasteiger partial charge on any atom is 0.242 e. The summed E-state index contributed by atoms with van der Waals surface area (Å²) in [5.74, 6) is 0. The van der Waals surface area contributed by atoms with Crippen molar-refractivity contribution in [2.24, 2.45) is 5.73 Å². The number of hydrogen-bond donors (Lipinski definition) is 2. The zero-order valence-electron chi connectivity index (χ0n) is 11.3. The molecule has 0 saturated heterocycles. The van der Waals surface area contributed by atoms with E-state index in [1.54, 1.807) is 25.4 Å². The molecule has 3 N–H and O–H groups in total. The Bertz CT molecular complexity index is 693. The number of rotatable bonds is 5. The minimum absolute atomic E-state index is 0.114. The van der Waals surface area contributed by atoms with Crippen LogP contribution < -0.4 is 10.5 Å². The number of thiophene rings is 1. The van der Waals surface area contributed by atoms with Crippen molar-refractivity contribution in [2.45, 2.75) is 31.8 Å². The van der Waals surface area contributed by atoms with Crippen molar-refractivity contribution in [3.05, 3.63) is 39.6 Å². The smallest absolute Gasteiger partial charge is 0.242 e. The van der Waals surface area contributed by atoms with Gasteiger partial charge in [-0.05, 0) is 19.9 Å². The van der Waals surface area contributed by atoms with Gasteiger partial charge in [-0.2, -0.15) is 0 Å². The molecule has 0 spiro atoms. The van der Waals surface area contributed by atoms with Crippen molar-refractivity contribution in [3.8, 4) is 0 Å². The quantitative estimate of drug-likeness (QED) is 0.861. The second-order valence-corrected chi connectivity index (χ2v) is 7.39. The maximum absolute atomic E-state index is 12.2. The lowest BCUT2D eigenvalue weighted by molar-refractivity contribution is 0.580. The molecule has 0 bridgehead atoms. The van der Waals surface area contributed by atoms with Crippen LogP contribution in [0.2, 0.25) is 0 Å². The van der Waals surface area contributed by atoms with Crippen LogP contribution in [0, 0.1) is 13.8 Å². The van der Waals surface area contributed by atoms with Crippen LogP contribution in [0.5, 0.6) is 0 Å². The SMILES string of the molecule is Cc1cnc(CNS(=O)(=O)c2cc(CN)sc2C)cn1. The third-order valence-electron chi connectivity index (χ3n) is 2.69. The minimum Gasteiger partial charge on any atom is -0.326 e. The zero-order valence-corrected chi connectivity index (χ0v) is 12.9. The van der Waals surface area contributed by atoms with E-state index in [-0.39, 0.29) is 11.4 Å². The van der Waals surface area contributed by atoms with Crippen molar-refractivity contribution >= 4 is 21.4 Å². The fourth-order valence-electron chi connectivity index (χ4n) is 1.65. The van der Waals surface area contributed by atoms with E-state index in [4.69, 9.17) is 5.73 Å². The van der Waals surface area contributed by atoms with Gasteiger partial charge >= 0.3 is 0 Å². The van der Waals surface area contributed by atoms with Crippen LogP contribution in [-0.2, 0) is 23.1 Å². The second-order valence-electron chi connectivity index (χ2n) is 4.31. The largest absolute Gasteiger partial charge is 0.326 e. The average Bonchev–Trinajstić information content (AvgIpc) is 2.80. The predicted octanol–water partition coefficient (Wildman–Crippen LogP) is 1.09. The Hall–Kier alpha value is -1.35. The maximum atomic E-state index is 12.2. The monoisotopic (exact) mass is 312 g/mol. The van der Waals surface area contributed by atoms with Gasteiger partial charge in [0.2, 0.25) is 10.0 Å². The molecule has 0 aliphatic carbocycles.